The molecule has 0 bridgehead atoms. The van der Waals surface area contributed by atoms with Gasteiger partial charge in [0, 0.05) is 0 Å². The molecule has 0 radical (unpaired) electrons. The van der Waals surface area contributed by atoms with Crippen LogP contribution in [0.4, 0.5) is 0 Å². The molecule has 0 atom stereocenters. The Labute approximate surface area is 47.6 Å². The van der Waals surface area contributed by atoms with Gasteiger partial charge in [-0.1, -0.05) is 22.3 Å². The van der Waals surface area contributed by atoms with Gasteiger partial charge in [0.05, 0.1) is 6.73 Å². The molecule has 0 aliphatic rings. The second-order valence-electron chi connectivity index (χ2n) is 0.512. The summed E-state index contributed by atoms with van der Waals surface area (Å²) in [6.45, 7) is 0.0694. The van der Waals surface area contributed by atoms with Crippen molar-refractivity contribution >= 4 is 0 Å². The van der Waals surface area contributed by atoms with Gasteiger partial charge < -0.3 is 5.11 Å². The van der Waals surface area contributed by atoms with E-state index in [0.29, 0.717) is 0 Å². The van der Waals surface area contributed by atoms with Crippen molar-refractivity contribution in [3.8, 4) is 0 Å². The van der Waals surface area contributed by atoms with Crippen LogP contribution in [0.25, 0.3) is 0 Å². The molecule has 0 rings (SSSR count). The standard InChI is InChI=1S/C2H7NO.3CH4/c1-3-2-4;;;/h3-4H,2H2,1H3;3*1H4. The molecule has 0 heterocycles. The van der Waals surface area contributed by atoms with Gasteiger partial charge in [0.25, 0.3) is 0 Å². The maximum atomic E-state index is 7.76. The summed E-state index contributed by atoms with van der Waals surface area (Å²) < 4.78 is 0. The normalized spacial score (nSPS) is 4.29. The number of nitrogens with one attached hydrogen (secondary N) is 1. The highest BCUT2D eigenvalue weighted by Gasteiger charge is 1.50. The van der Waals surface area contributed by atoms with E-state index in [1.165, 1.54) is 0 Å². The first-order valence-electron chi connectivity index (χ1n) is 1.17. The molecule has 0 unspecified atom stereocenters. The molecule has 0 aliphatic carbocycles. The van der Waals surface area contributed by atoms with Crippen LogP contribution >= 0.6 is 0 Å². The van der Waals surface area contributed by atoms with Crippen molar-refractivity contribution in [1.82, 2.24) is 5.32 Å². The highest BCUT2D eigenvalue weighted by Crippen LogP contribution is 1.24. The van der Waals surface area contributed by atoms with E-state index in [2.05, 4.69) is 5.32 Å². The summed E-state index contributed by atoms with van der Waals surface area (Å²) >= 11 is 0. The summed E-state index contributed by atoms with van der Waals surface area (Å²) in [5.74, 6) is 0. The summed E-state index contributed by atoms with van der Waals surface area (Å²) in [4.78, 5) is 0. The third-order valence-electron chi connectivity index (χ3n) is 0.158. The quantitative estimate of drug-likeness (QED) is 0.493. The van der Waals surface area contributed by atoms with Crippen LogP contribution < -0.4 is 5.32 Å². The smallest absolute Gasteiger partial charge is 0.0929 e. The van der Waals surface area contributed by atoms with Gasteiger partial charge in [-0.2, -0.15) is 0 Å². The molecule has 0 aromatic carbocycles. The second-order valence-corrected chi connectivity index (χ2v) is 0.512. The predicted octanol–water partition coefficient (Wildman–Crippen LogP) is 1.06. The van der Waals surface area contributed by atoms with E-state index in [0.717, 1.165) is 0 Å². The number of rotatable bonds is 1. The second kappa shape index (κ2) is 38.9. The highest BCUT2D eigenvalue weighted by molar-refractivity contribution is 4.02. The number of hydrogen-bond acceptors (Lipinski definition) is 2. The molecule has 0 aromatic heterocycles. The minimum Gasteiger partial charge on any atom is -0.381 e. The van der Waals surface area contributed by atoms with Gasteiger partial charge in [0.15, 0.2) is 0 Å². The minimum absolute atomic E-state index is 0. The molecule has 0 aromatic rings. The van der Waals surface area contributed by atoms with Crippen molar-refractivity contribution < 1.29 is 5.11 Å². The Morgan fingerprint density at radius 1 is 1.29 bits per heavy atom. The van der Waals surface area contributed by atoms with Gasteiger partial charge in [-0.05, 0) is 7.05 Å². The van der Waals surface area contributed by atoms with E-state index in [4.69, 9.17) is 5.11 Å². The fourth-order valence-electron chi connectivity index (χ4n) is 0. The number of aliphatic hydroxyl groups excluding tert-OH is 1. The zero-order valence-corrected chi connectivity index (χ0v) is 2.65. The van der Waals surface area contributed by atoms with Crippen LogP contribution in [0, 0.1) is 0 Å². The first-order chi connectivity index (χ1) is 1.91. The summed E-state index contributed by atoms with van der Waals surface area (Å²) in [6, 6.07) is 0. The summed E-state index contributed by atoms with van der Waals surface area (Å²) in [7, 11) is 1.68. The van der Waals surface area contributed by atoms with E-state index >= 15 is 0 Å². The van der Waals surface area contributed by atoms with E-state index in [9.17, 15) is 0 Å². The third kappa shape index (κ3) is 107. The molecule has 2 nitrogen and oxygen atoms in total. The van der Waals surface area contributed by atoms with Crippen LogP contribution in [0.1, 0.15) is 22.3 Å². The van der Waals surface area contributed by atoms with Gasteiger partial charge >= 0.3 is 0 Å². The summed E-state index contributed by atoms with van der Waals surface area (Å²) in [5.41, 5.74) is 0. The minimum atomic E-state index is 0. The van der Waals surface area contributed by atoms with Gasteiger partial charge in [0.2, 0.25) is 0 Å². The highest BCUT2D eigenvalue weighted by atomic mass is 16.3. The Hall–Kier alpha value is -0.0800. The zero-order chi connectivity index (χ0) is 3.41. The molecule has 2 heteroatoms. The maximum absolute atomic E-state index is 7.76. The Bertz CT molecular complexity index is 10.0. The van der Waals surface area contributed by atoms with Crippen LogP contribution in [0.3, 0.4) is 0 Å². The largest absolute Gasteiger partial charge is 0.381 e. The van der Waals surface area contributed by atoms with Crippen molar-refractivity contribution in [2.75, 3.05) is 13.8 Å². The van der Waals surface area contributed by atoms with Crippen molar-refractivity contribution in [3.63, 3.8) is 0 Å². The van der Waals surface area contributed by atoms with Crippen molar-refractivity contribution in [1.29, 1.82) is 0 Å². The average Bonchev–Trinajstić information content (AvgIpc) is 1.37. The molecule has 0 saturated carbocycles. The molecule has 0 amide bonds. The van der Waals surface area contributed by atoms with Crippen LogP contribution in [-0.4, -0.2) is 18.9 Å². The van der Waals surface area contributed by atoms with Crippen molar-refractivity contribution in [2.45, 2.75) is 22.3 Å². The first-order valence-corrected chi connectivity index (χ1v) is 1.17. The lowest BCUT2D eigenvalue weighted by molar-refractivity contribution is 0.273. The Balaban J connectivity index is -0.0000000150. The van der Waals surface area contributed by atoms with Crippen LogP contribution in [0.15, 0.2) is 0 Å². The van der Waals surface area contributed by atoms with Crippen LogP contribution in [-0.2, 0) is 0 Å². The van der Waals surface area contributed by atoms with E-state index < -0.39 is 0 Å². The Morgan fingerprint density at radius 2 is 1.43 bits per heavy atom. The van der Waals surface area contributed by atoms with E-state index in [1.807, 2.05) is 0 Å². The maximum Gasteiger partial charge on any atom is 0.0929 e. The third-order valence-corrected chi connectivity index (χ3v) is 0.158. The molecule has 0 saturated heterocycles. The van der Waals surface area contributed by atoms with Gasteiger partial charge in [0.1, 0.15) is 0 Å². The molecule has 50 valence electrons. The lowest BCUT2D eigenvalue weighted by Crippen LogP contribution is -2.04. The Morgan fingerprint density at radius 3 is 1.43 bits per heavy atom. The lowest BCUT2D eigenvalue weighted by atomic mass is 11.2. The van der Waals surface area contributed by atoms with Gasteiger partial charge in [-0.25, -0.2) is 0 Å². The number of hydrogen-bond donors (Lipinski definition) is 2. The van der Waals surface area contributed by atoms with Crippen LogP contribution in [0.5, 0.6) is 0 Å². The summed E-state index contributed by atoms with van der Waals surface area (Å²) in [6.07, 6.45) is 0. The van der Waals surface area contributed by atoms with Gasteiger partial charge in [-0.3, -0.25) is 5.32 Å². The topological polar surface area (TPSA) is 32.3 Å². The molecular weight excluding hydrogens is 90.1 g/mol. The fraction of sp³-hybridized carbons (Fsp3) is 1.00. The Kier molecular flexibility index (Phi) is 158. The molecule has 0 fully saturated rings. The fourth-order valence-corrected chi connectivity index (χ4v) is 0. The summed E-state index contributed by atoms with van der Waals surface area (Å²) in [5, 5.41) is 10.2. The zero-order valence-electron chi connectivity index (χ0n) is 2.65. The molecule has 0 aliphatic heterocycles. The number of aliphatic hydroxyl groups is 1. The molecule has 7 heavy (non-hydrogen) atoms. The molecular formula is C5H19NO. The van der Waals surface area contributed by atoms with E-state index in [-0.39, 0.29) is 29.0 Å². The molecule has 2 N–H and O–H groups in total. The van der Waals surface area contributed by atoms with Crippen molar-refractivity contribution in [2.24, 2.45) is 0 Å². The SMILES string of the molecule is C.C.C.CNCO. The van der Waals surface area contributed by atoms with E-state index in [1.54, 1.807) is 7.05 Å². The monoisotopic (exact) mass is 109 g/mol. The predicted molar refractivity (Wildman–Crippen MR) is 36.3 cm³/mol. The van der Waals surface area contributed by atoms with Crippen molar-refractivity contribution in [3.05, 3.63) is 0 Å². The van der Waals surface area contributed by atoms with Crippen LogP contribution in [0.2, 0.25) is 0 Å². The van der Waals surface area contributed by atoms with Gasteiger partial charge in [-0.15, -0.1) is 0 Å². The lowest BCUT2D eigenvalue weighted by Gasteiger charge is -1.76. The molecule has 0 spiro atoms. The first kappa shape index (κ1) is 28.4. The average molecular weight is 109 g/mol.